The number of rotatable bonds is 6. The zero-order valence-corrected chi connectivity index (χ0v) is 9.87. The van der Waals surface area contributed by atoms with Crippen molar-refractivity contribution in [1.82, 2.24) is 0 Å². The summed E-state index contributed by atoms with van der Waals surface area (Å²) in [7, 11) is 0. The van der Waals surface area contributed by atoms with E-state index in [-0.39, 0.29) is 0 Å². The normalized spacial score (nSPS) is 12.3. The van der Waals surface area contributed by atoms with E-state index in [4.69, 9.17) is 11.5 Å². The van der Waals surface area contributed by atoms with E-state index in [0.29, 0.717) is 18.5 Å². The molecule has 0 heterocycles. The van der Waals surface area contributed by atoms with Gasteiger partial charge in [-0.25, -0.2) is 0 Å². The third-order valence-corrected chi connectivity index (χ3v) is 2.69. The van der Waals surface area contributed by atoms with Gasteiger partial charge in [0.2, 0.25) is 5.75 Å². The molecule has 1 rings (SSSR count). The monoisotopic (exact) mass is 255 g/mol. The summed E-state index contributed by atoms with van der Waals surface area (Å²) in [5, 5.41) is 29.4. The van der Waals surface area contributed by atoms with Crippen molar-refractivity contribution in [2.45, 2.75) is 25.3 Å². The molecule has 0 spiro atoms. The van der Waals surface area contributed by atoms with Crippen LogP contribution in [0.1, 0.15) is 30.9 Å². The van der Waals surface area contributed by atoms with Crippen molar-refractivity contribution in [2.24, 2.45) is 11.5 Å². The number of nitro benzene ring substituents is 1. The largest absolute Gasteiger partial charge is 0.504 e. The van der Waals surface area contributed by atoms with Crippen molar-refractivity contribution >= 4 is 5.69 Å². The molecule has 7 heteroatoms. The number of phenols is 2. The molecule has 0 aliphatic rings. The van der Waals surface area contributed by atoms with Crippen molar-refractivity contribution < 1.29 is 15.1 Å². The Morgan fingerprint density at radius 1 is 1.33 bits per heavy atom. The Kier molecular flexibility index (Phi) is 4.87. The van der Waals surface area contributed by atoms with Crippen LogP contribution in [0.5, 0.6) is 11.5 Å². The molecular formula is C11H17N3O4. The standard InChI is InChI=1S/C11H17N3O4/c12-4-2-1-3-8(13)7-5-9(14(17)18)11(16)10(15)6-7/h5-6,8,15-16H,1-4,12-13H2/t8-/m1/s1. The molecule has 0 saturated heterocycles. The molecule has 0 fully saturated rings. The van der Waals surface area contributed by atoms with Gasteiger partial charge in [0.05, 0.1) is 4.92 Å². The highest BCUT2D eigenvalue weighted by atomic mass is 16.6. The summed E-state index contributed by atoms with van der Waals surface area (Å²) >= 11 is 0. The number of nitrogens with zero attached hydrogens (tertiary/aromatic N) is 1. The molecule has 1 aromatic rings. The van der Waals surface area contributed by atoms with Crippen LogP contribution in [0.25, 0.3) is 0 Å². The van der Waals surface area contributed by atoms with Crippen molar-refractivity contribution in [1.29, 1.82) is 0 Å². The number of benzene rings is 1. The average Bonchev–Trinajstić information content (AvgIpc) is 2.32. The quantitative estimate of drug-likeness (QED) is 0.260. The number of nitro groups is 1. The molecule has 100 valence electrons. The van der Waals surface area contributed by atoms with Gasteiger partial charge in [-0.05, 0) is 31.0 Å². The molecule has 0 unspecified atom stereocenters. The molecule has 0 aliphatic heterocycles. The van der Waals surface area contributed by atoms with E-state index < -0.39 is 28.2 Å². The zero-order chi connectivity index (χ0) is 13.7. The maximum atomic E-state index is 10.7. The van der Waals surface area contributed by atoms with E-state index in [1.807, 2.05) is 0 Å². The van der Waals surface area contributed by atoms with Crippen LogP contribution in [0, 0.1) is 10.1 Å². The van der Waals surface area contributed by atoms with Crippen molar-refractivity contribution in [3.05, 3.63) is 27.8 Å². The fourth-order valence-corrected chi connectivity index (χ4v) is 1.65. The highest BCUT2D eigenvalue weighted by Crippen LogP contribution is 2.37. The molecule has 0 aromatic heterocycles. The molecule has 1 aromatic carbocycles. The van der Waals surface area contributed by atoms with Crippen LogP contribution in [0.3, 0.4) is 0 Å². The van der Waals surface area contributed by atoms with Gasteiger partial charge in [-0.2, -0.15) is 0 Å². The van der Waals surface area contributed by atoms with Crippen LogP contribution in [-0.4, -0.2) is 21.7 Å². The van der Waals surface area contributed by atoms with Gasteiger partial charge in [0.1, 0.15) is 0 Å². The second-order valence-electron chi connectivity index (χ2n) is 4.06. The summed E-state index contributed by atoms with van der Waals surface area (Å²) < 4.78 is 0. The Labute approximate surface area is 104 Å². The minimum absolute atomic E-state index is 0.425. The maximum Gasteiger partial charge on any atom is 0.314 e. The number of hydrogen-bond donors (Lipinski definition) is 4. The molecule has 18 heavy (non-hydrogen) atoms. The summed E-state index contributed by atoms with van der Waals surface area (Å²) in [5.41, 5.74) is 11.1. The van der Waals surface area contributed by atoms with Crippen molar-refractivity contribution in [3.8, 4) is 11.5 Å². The lowest BCUT2D eigenvalue weighted by Gasteiger charge is -2.12. The lowest BCUT2D eigenvalue weighted by molar-refractivity contribution is -0.386. The Balaban J connectivity index is 2.92. The molecule has 7 nitrogen and oxygen atoms in total. The Morgan fingerprint density at radius 3 is 2.56 bits per heavy atom. The SMILES string of the molecule is NCCCC[C@@H](N)c1cc(O)c(O)c([N+](=O)[O-])c1. The molecule has 6 N–H and O–H groups in total. The van der Waals surface area contributed by atoms with Crippen LogP contribution in [-0.2, 0) is 0 Å². The first kappa shape index (κ1) is 14.2. The number of nitrogens with two attached hydrogens (primary N) is 2. The molecule has 0 bridgehead atoms. The van der Waals surface area contributed by atoms with Crippen LogP contribution in [0.4, 0.5) is 5.69 Å². The zero-order valence-electron chi connectivity index (χ0n) is 9.87. The summed E-state index contributed by atoms with van der Waals surface area (Å²) in [4.78, 5) is 9.93. The van der Waals surface area contributed by atoms with Crippen molar-refractivity contribution in [3.63, 3.8) is 0 Å². The predicted molar refractivity (Wildman–Crippen MR) is 66.3 cm³/mol. The molecule has 0 radical (unpaired) electrons. The number of unbranched alkanes of at least 4 members (excludes halogenated alkanes) is 1. The van der Waals surface area contributed by atoms with E-state index in [9.17, 15) is 20.3 Å². The van der Waals surface area contributed by atoms with Gasteiger partial charge in [0, 0.05) is 12.1 Å². The number of aromatic hydroxyl groups is 2. The summed E-state index contributed by atoms with van der Waals surface area (Å²) in [6.07, 6.45) is 2.23. The van der Waals surface area contributed by atoms with E-state index in [2.05, 4.69) is 0 Å². The minimum atomic E-state index is -0.759. The maximum absolute atomic E-state index is 10.7. The summed E-state index contributed by atoms with van der Waals surface area (Å²) in [6.45, 7) is 0.563. The highest BCUT2D eigenvalue weighted by Gasteiger charge is 2.20. The smallest absolute Gasteiger partial charge is 0.314 e. The molecule has 1 atom stereocenters. The second kappa shape index (κ2) is 6.18. The van der Waals surface area contributed by atoms with Crippen molar-refractivity contribution in [2.75, 3.05) is 6.54 Å². The first-order valence-electron chi connectivity index (χ1n) is 5.63. The third-order valence-electron chi connectivity index (χ3n) is 2.69. The van der Waals surface area contributed by atoms with Crippen LogP contribution in [0.2, 0.25) is 0 Å². The van der Waals surface area contributed by atoms with E-state index in [0.717, 1.165) is 12.8 Å². The molecule has 0 amide bonds. The van der Waals surface area contributed by atoms with Gasteiger partial charge in [0.15, 0.2) is 5.75 Å². The van der Waals surface area contributed by atoms with Gasteiger partial charge in [-0.1, -0.05) is 6.42 Å². The number of hydrogen-bond acceptors (Lipinski definition) is 6. The Bertz CT molecular complexity index is 437. The fourth-order valence-electron chi connectivity index (χ4n) is 1.65. The van der Waals surface area contributed by atoms with E-state index in [1.165, 1.54) is 12.1 Å². The van der Waals surface area contributed by atoms with Crippen LogP contribution in [0.15, 0.2) is 12.1 Å². The van der Waals surface area contributed by atoms with Gasteiger partial charge < -0.3 is 21.7 Å². The number of phenolic OH excluding ortho intramolecular Hbond substituents is 2. The summed E-state index contributed by atoms with van der Waals surface area (Å²) in [5.74, 6) is -1.27. The minimum Gasteiger partial charge on any atom is -0.504 e. The highest BCUT2D eigenvalue weighted by molar-refractivity contribution is 5.56. The lowest BCUT2D eigenvalue weighted by Crippen LogP contribution is -2.11. The van der Waals surface area contributed by atoms with E-state index >= 15 is 0 Å². The fraction of sp³-hybridized carbons (Fsp3) is 0.455. The van der Waals surface area contributed by atoms with Crippen LogP contribution < -0.4 is 11.5 Å². The van der Waals surface area contributed by atoms with E-state index in [1.54, 1.807) is 0 Å². The first-order chi connectivity index (χ1) is 8.47. The van der Waals surface area contributed by atoms with Gasteiger partial charge in [-0.15, -0.1) is 0 Å². The topological polar surface area (TPSA) is 136 Å². The van der Waals surface area contributed by atoms with Gasteiger partial charge >= 0.3 is 5.69 Å². The molecular weight excluding hydrogens is 238 g/mol. The summed E-state index contributed by atoms with van der Waals surface area (Å²) in [6, 6.07) is 2.00. The first-order valence-corrected chi connectivity index (χ1v) is 5.63. The predicted octanol–water partition coefficient (Wildman–Crippen LogP) is 1.13. The lowest BCUT2D eigenvalue weighted by atomic mass is 10.0. The molecule has 0 aliphatic carbocycles. The van der Waals surface area contributed by atoms with Gasteiger partial charge in [0.25, 0.3) is 0 Å². The second-order valence-corrected chi connectivity index (χ2v) is 4.06. The van der Waals surface area contributed by atoms with Gasteiger partial charge in [-0.3, -0.25) is 10.1 Å². The van der Waals surface area contributed by atoms with Crippen LogP contribution >= 0.6 is 0 Å². The Morgan fingerprint density at radius 2 is 2.00 bits per heavy atom. The Hall–Kier alpha value is -1.86. The average molecular weight is 255 g/mol. The third kappa shape index (κ3) is 3.31. The molecule has 0 saturated carbocycles.